The van der Waals surface area contributed by atoms with Crippen molar-refractivity contribution in [3.63, 3.8) is 0 Å². The van der Waals surface area contributed by atoms with Crippen LogP contribution >= 0.6 is 23.2 Å². The van der Waals surface area contributed by atoms with Crippen molar-refractivity contribution in [2.75, 3.05) is 0 Å². The van der Waals surface area contributed by atoms with Crippen LogP contribution in [0.4, 0.5) is 0 Å². The Morgan fingerprint density at radius 3 is 2.42 bits per heavy atom. The van der Waals surface area contributed by atoms with E-state index in [1.54, 1.807) is 12.1 Å². The molecule has 10 nitrogen and oxygen atoms in total. The van der Waals surface area contributed by atoms with Gasteiger partial charge in [0.25, 0.3) is 11.5 Å². The van der Waals surface area contributed by atoms with Gasteiger partial charge in [0.15, 0.2) is 5.69 Å². The highest BCUT2D eigenvalue weighted by Gasteiger charge is 2.24. The van der Waals surface area contributed by atoms with Crippen LogP contribution in [0, 0.1) is 0 Å². The molecule has 3 aromatic carbocycles. The van der Waals surface area contributed by atoms with Crippen LogP contribution in [0.25, 0.3) is 11.0 Å². The van der Waals surface area contributed by atoms with Crippen LogP contribution < -0.4 is 16.1 Å². The van der Waals surface area contributed by atoms with Crippen LogP contribution in [0.15, 0.2) is 81.5 Å². The predicted octanol–water partition coefficient (Wildman–Crippen LogP) is 2.75. The fourth-order valence-corrected chi connectivity index (χ4v) is 4.39. The van der Waals surface area contributed by atoms with E-state index in [1.807, 2.05) is 0 Å². The van der Waals surface area contributed by atoms with E-state index in [0.717, 1.165) is 6.07 Å². The van der Waals surface area contributed by atoms with E-state index in [2.05, 4.69) is 20.5 Å². The molecule has 1 aromatic heterocycles. The van der Waals surface area contributed by atoms with Crippen LogP contribution in [0.2, 0.25) is 10.0 Å². The predicted molar refractivity (Wildman–Crippen MR) is 136 cm³/mol. The van der Waals surface area contributed by atoms with Gasteiger partial charge in [-0.25, -0.2) is 24.0 Å². The summed E-state index contributed by atoms with van der Waals surface area (Å²) in [5, 5.41) is 21.0. The minimum atomic E-state index is -4.22. The molecule has 4 rings (SSSR count). The van der Waals surface area contributed by atoms with Crippen LogP contribution in [0.1, 0.15) is 27.7 Å². The van der Waals surface area contributed by atoms with Crippen LogP contribution in [-0.2, 0) is 10.0 Å². The van der Waals surface area contributed by atoms with Gasteiger partial charge in [0.1, 0.15) is 11.8 Å². The molecule has 1 atom stereocenters. The summed E-state index contributed by atoms with van der Waals surface area (Å²) < 4.78 is 23.8. The number of aliphatic hydroxyl groups is 1. The lowest BCUT2D eigenvalue weighted by Gasteiger charge is -2.15. The number of hydrogen-bond donors (Lipinski definition) is 4. The number of benzene rings is 3. The maximum atomic E-state index is 12.9. The van der Waals surface area contributed by atoms with Gasteiger partial charge in [-0.2, -0.15) is 5.10 Å². The smallest absolute Gasteiger partial charge is 0.276 e. The number of hydrogen-bond acceptors (Lipinski definition) is 7. The summed E-state index contributed by atoms with van der Waals surface area (Å²) >= 11 is 11.9. The van der Waals surface area contributed by atoms with Crippen molar-refractivity contribution in [2.45, 2.75) is 11.0 Å². The number of H-pyrrole nitrogens is 1. The number of sulfonamides is 1. The molecule has 1 amide bonds. The van der Waals surface area contributed by atoms with Crippen molar-refractivity contribution in [2.24, 2.45) is 10.2 Å². The van der Waals surface area contributed by atoms with Gasteiger partial charge in [-0.1, -0.05) is 47.5 Å². The number of carbonyl (C=O) groups excluding carboxylic acids is 1. The summed E-state index contributed by atoms with van der Waals surface area (Å²) in [5.41, 5.74) is 1.60. The Labute approximate surface area is 214 Å². The average Bonchev–Trinajstić information content (AvgIpc) is 2.84. The molecular formula is C23H17Cl2N5O5S. The quantitative estimate of drug-likeness (QED) is 0.214. The Morgan fingerprint density at radius 2 is 1.72 bits per heavy atom. The lowest BCUT2D eigenvalue weighted by Crippen LogP contribution is -2.30. The van der Waals surface area contributed by atoms with E-state index >= 15 is 0 Å². The van der Waals surface area contributed by atoms with Crippen LogP contribution in [0.5, 0.6) is 0 Å². The molecule has 0 saturated carbocycles. The molecule has 0 spiro atoms. The van der Waals surface area contributed by atoms with Gasteiger partial charge in [-0.3, -0.25) is 9.59 Å². The van der Waals surface area contributed by atoms with Gasteiger partial charge in [0, 0.05) is 10.0 Å². The highest BCUT2D eigenvalue weighted by atomic mass is 35.5. The fraction of sp³-hybridized carbons (Fsp3) is 0.0435. The summed E-state index contributed by atoms with van der Waals surface area (Å²) in [7, 11) is -4.22. The number of nitrogens with zero attached hydrogens (tertiary/aromatic N) is 2. The molecule has 0 aliphatic rings. The molecule has 4 aromatic rings. The molecule has 0 aliphatic heterocycles. The summed E-state index contributed by atoms with van der Waals surface area (Å²) in [4.78, 5) is 32.2. The van der Waals surface area contributed by atoms with E-state index in [1.165, 1.54) is 48.5 Å². The Bertz CT molecular complexity index is 1670. The monoisotopic (exact) mass is 545 g/mol. The number of primary sulfonamides is 1. The van der Waals surface area contributed by atoms with Gasteiger partial charge in [0.2, 0.25) is 10.0 Å². The number of fused-ring (bicyclic) bond motifs is 1. The number of aromatic nitrogens is 2. The summed E-state index contributed by atoms with van der Waals surface area (Å²) in [6.07, 6.45) is -1.52. The zero-order valence-corrected chi connectivity index (χ0v) is 20.5. The number of aliphatic hydroxyl groups excluding tert-OH is 1. The SMILES string of the molecule is NS(=O)(=O)c1ccccc1C(=O)NN=C(c1nc2ccc(Cl)cc2[nH]c1=O)C(O)c1ccc(Cl)cc1. The van der Waals surface area contributed by atoms with Crippen LogP contribution in [-0.4, -0.2) is 35.1 Å². The molecule has 36 heavy (non-hydrogen) atoms. The van der Waals surface area contributed by atoms with Gasteiger partial charge in [-0.15, -0.1) is 0 Å². The minimum Gasteiger partial charge on any atom is -0.382 e. The molecule has 13 heteroatoms. The molecule has 184 valence electrons. The van der Waals surface area contributed by atoms with Crippen molar-refractivity contribution in [3.8, 4) is 0 Å². The zero-order valence-electron chi connectivity index (χ0n) is 18.1. The fourth-order valence-electron chi connectivity index (χ4n) is 3.35. The van der Waals surface area contributed by atoms with Gasteiger partial charge < -0.3 is 10.1 Å². The summed E-state index contributed by atoms with van der Waals surface area (Å²) in [5.74, 6) is -0.940. The molecule has 0 bridgehead atoms. The Balaban J connectivity index is 1.82. The normalized spacial score (nSPS) is 12.9. The third-order valence-corrected chi connectivity index (χ3v) is 6.51. The largest absolute Gasteiger partial charge is 0.382 e. The van der Waals surface area contributed by atoms with E-state index in [4.69, 9.17) is 28.3 Å². The molecule has 0 fully saturated rings. The first kappa shape index (κ1) is 25.5. The minimum absolute atomic E-state index is 0.279. The molecule has 0 radical (unpaired) electrons. The highest BCUT2D eigenvalue weighted by Crippen LogP contribution is 2.21. The maximum absolute atomic E-state index is 12.9. The lowest BCUT2D eigenvalue weighted by molar-refractivity contribution is 0.0951. The van der Waals surface area contributed by atoms with E-state index in [-0.39, 0.29) is 17.0 Å². The third kappa shape index (κ3) is 5.45. The number of rotatable bonds is 6. The Morgan fingerprint density at radius 1 is 1.06 bits per heavy atom. The zero-order chi connectivity index (χ0) is 26.0. The van der Waals surface area contributed by atoms with Crippen molar-refractivity contribution >= 4 is 55.9 Å². The van der Waals surface area contributed by atoms with Gasteiger partial charge in [-0.05, 0) is 48.0 Å². The Kier molecular flexibility index (Phi) is 7.20. The number of nitrogens with one attached hydrogen (secondary N) is 2. The van der Waals surface area contributed by atoms with Crippen LogP contribution in [0.3, 0.4) is 0 Å². The maximum Gasteiger partial charge on any atom is 0.276 e. The molecule has 5 N–H and O–H groups in total. The molecule has 1 unspecified atom stereocenters. The second-order valence-electron chi connectivity index (χ2n) is 7.51. The average molecular weight is 546 g/mol. The number of carbonyl (C=O) groups is 1. The molecule has 0 saturated heterocycles. The third-order valence-electron chi connectivity index (χ3n) is 5.06. The number of hydrazone groups is 1. The van der Waals surface area contributed by atoms with Gasteiger partial charge >= 0.3 is 0 Å². The molecule has 0 aliphatic carbocycles. The number of amides is 1. The first-order chi connectivity index (χ1) is 17.0. The Hall–Kier alpha value is -3.61. The number of nitrogens with two attached hydrogens (primary N) is 1. The second kappa shape index (κ2) is 10.2. The van der Waals surface area contributed by atoms with Crippen molar-refractivity contribution < 1.29 is 18.3 Å². The second-order valence-corrected chi connectivity index (χ2v) is 9.91. The lowest BCUT2D eigenvalue weighted by atomic mass is 10.0. The first-order valence-corrected chi connectivity index (χ1v) is 12.5. The van der Waals surface area contributed by atoms with Crippen molar-refractivity contribution in [1.29, 1.82) is 0 Å². The summed E-state index contributed by atoms with van der Waals surface area (Å²) in [6, 6.07) is 16.0. The number of aromatic amines is 1. The van der Waals surface area contributed by atoms with E-state index < -0.39 is 32.5 Å². The standard InChI is InChI=1S/C23H17Cl2N5O5S/c24-13-7-5-12(6-8-13)21(31)19(20-23(33)28-17-11-14(25)9-10-16(17)27-20)29-30-22(32)15-3-1-2-4-18(15)36(26,34)35/h1-11,21,31H,(H,28,33)(H,30,32)(H2,26,34,35). The van der Waals surface area contributed by atoms with Crippen molar-refractivity contribution in [3.05, 3.63) is 104 Å². The van der Waals surface area contributed by atoms with Crippen molar-refractivity contribution in [1.82, 2.24) is 15.4 Å². The highest BCUT2D eigenvalue weighted by molar-refractivity contribution is 7.89. The molecular weight excluding hydrogens is 529 g/mol. The molecule has 1 heterocycles. The summed E-state index contributed by atoms with van der Waals surface area (Å²) in [6.45, 7) is 0. The van der Waals surface area contributed by atoms with E-state index in [9.17, 15) is 23.1 Å². The van der Waals surface area contributed by atoms with E-state index in [0.29, 0.717) is 26.6 Å². The first-order valence-electron chi connectivity index (χ1n) is 10.2. The number of halogens is 2. The topological polar surface area (TPSA) is 168 Å². The van der Waals surface area contributed by atoms with Gasteiger partial charge in [0.05, 0.1) is 21.5 Å².